The first-order valence-corrected chi connectivity index (χ1v) is 13.1. The van der Waals surface area contributed by atoms with Gasteiger partial charge in [-0.05, 0) is 92.7 Å². The molecule has 0 bridgehead atoms. The molecular weight excluding hydrogens is 478 g/mol. The number of likely N-dealkylation sites (tertiary alicyclic amines) is 1. The Balaban J connectivity index is 1.42. The summed E-state index contributed by atoms with van der Waals surface area (Å²) in [4.78, 5) is 2.48. The molecule has 1 saturated heterocycles. The molecule has 1 aromatic heterocycles. The van der Waals surface area contributed by atoms with Gasteiger partial charge in [-0.2, -0.15) is 5.10 Å². The van der Waals surface area contributed by atoms with Gasteiger partial charge < -0.3 is 18.9 Å². The Morgan fingerprint density at radius 3 is 2.08 bits per heavy atom. The highest BCUT2D eigenvalue weighted by atomic mass is 16.5. The van der Waals surface area contributed by atoms with Crippen molar-refractivity contribution in [3.8, 4) is 51.2 Å². The molecule has 1 fully saturated rings. The van der Waals surface area contributed by atoms with Gasteiger partial charge in [-0.15, -0.1) is 0 Å². The van der Waals surface area contributed by atoms with E-state index >= 15 is 0 Å². The monoisotopic (exact) mass is 513 g/mol. The molecule has 2 heterocycles. The first kappa shape index (κ1) is 25.7. The maximum Gasteiger partial charge on any atom is 0.131 e. The number of rotatable bonds is 10. The molecule has 0 aliphatic carbocycles. The highest BCUT2D eigenvalue weighted by molar-refractivity contribution is 5.75. The summed E-state index contributed by atoms with van der Waals surface area (Å²) in [6, 6.07) is 23.9. The molecule has 7 heteroatoms. The van der Waals surface area contributed by atoms with E-state index in [0.717, 1.165) is 52.0 Å². The lowest BCUT2D eigenvalue weighted by Gasteiger charge is -2.26. The lowest BCUT2D eigenvalue weighted by molar-refractivity contribution is 0.183. The van der Waals surface area contributed by atoms with E-state index in [1.54, 1.807) is 21.3 Å². The zero-order valence-electron chi connectivity index (χ0n) is 22.4. The van der Waals surface area contributed by atoms with Crippen molar-refractivity contribution in [1.82, 2.24) is 14.7 Å². The van der Waals surface area contributed by atoms with Gasteiger partial charge in [0.25, 0.3) is 0 Å². The third kappa shape index (κ3) is 5.78. The Bertz CT molecular complexity index is 1330. The zero-order valence-corrected chi connectivity index (χ0v) is 22.4. The Kier molecular flexibility index (Phi) is 8.14. The third-order valence-electron chi connectivity index (χ3n) is 6.99. The number of ether oxygens (including phenoxy) is 4. The Hall–Kier alpha value is -3.97. The SMILES string of the molecule is COc1ccc(-n2nc(-c3ccc(OCCN4CCCCC4)cc3)cc2-c2ccc(OC)cc2OC)cc1. The number of nitrogens with zero attached hydrogens (tertiary/aromatic N) is 3. The van der Waals surface area contributed by atoms with E-state index in [1.807, 2.05) is 59.3 Å². The zero-order chi connectivity index (χ0) is 26.3. The van der Waals surface area contributed by atoms with E-state index in [2.05, 4.69) is 23.1 Å². The van der Waals surface area contributed by atoms with Gasteiger partial charge in [0.15, 0.2) is 0 Å². The molecule has 0 spiro atoms. The molecule has 4 aromatic rings. The summed E-state index contributed by atoms with van der Waals surface area (Å²) >= 11 is 0. The molecule has 0 unspecified atom stereocenters. The van der Waals surface area contributed by atoms with Crippen LogP contribution in [0.2, 0.25) is 0 Å². The first-order chi connectivity index (χ1) is 18.7. The van der Waals surface area contributed by atoms with Crippen LogP contribution in [0.4, 0.5) is 0 Å². The van der Waals surface area contributed by atoms with Gasteiger partial charge in [-0.3, -0.25) is 4.90 Å². The fourth-order valence-electron chi connectivity index (χ4n) is 4.84. The molecule has 0 N–H and O–H groups in total. The molecule has 0 atom stereocenters. The van der Waals surface area contributed by atoms with Gasteiger partial charge in [0.05, 0.1) is 38.4 Å². The van der Waals surface area contributed by atoms with Gasteiger partial charge >= 0.3 is 0 Å². The molecule has 5 rings (SSSR count). The summed E-state index contributed by atoms with van der Waals surface area (Å²) in [7, 11) is 4.97. The van der Waals surface area contributed by atoms with Gasteiger partial charge in [0.1, 0.15) is 29.6 Å². The smallest absolute Gasteiger partial charge is 0.131 e. The second-order valence-corrected chi connectivity index (χ2v) is 9.37. The van der Waals surface area contributed by atoms with Gasteiger partial charge in [-0.25, -0.2) is 4.68 Å². The third-order valence-corrected chi connectivity index (χ3v) is 6.99. The number of benzene rings is 3. The largest absolute Gasteiger partial charge is 0.497 e. The van der Waals surface area contributed by atoms with E-state index in [0.29, 0.717) is 12.4 Å². The van der Waals surface area contributed by atoms with E-state index in [9.17, 15) is 0 Å². The maximum absolute atomic E-state index is 6.03. The molecule has 0 saturated carbocycles. The Morgan fingerprint density at radius 1 is 0.711 bits per heavy atom. The van der Waals surface area contributed by atoms with Crippen LogP contribution in [0, 0.1) is 0 Å². The molecule has 1 aliphatic heterocycles. The van der Waals surface area contributed by atoms with E-state index < -0.39 is 0 Å². The average Bonchev–Trinajstić information content (AvgIpc) is 3.43. The van der Waals surface area contributed by atoms with Crippen molar-refractivity contribution < 1.29 is 18.9 Å². The van der Waals surface area contributed by atoms with Crippen molar-refractivity contribution >= 4 is 0 Å². The van der Waals surface area contributed by atoms with Crippen molar-refractivity contribution in [3.05, 3.63) is 72.8 Å². The highest BCUT2D eigenvalue weighted by Gasteiger charge is 2.18. The van der Waals surface area contributed by atoms with Crippen LogP contribution >= 0.6 is 0 Å². The predicted octanol–water partition coefficient (Wildman–Crippen LogP) is 6.10. The van der Waals surface area contributed by atoms with Crippen LogP contribution in [0.5, 0.6) is 23.0 Å². The van der Waals surface area contributed by atoms with Crippen molar-refractivity contribution in [2.24, 2.45) is 0 Å². The van der Waals surface area contributed by atoms with Crippen molar-refractivity contribution in [2.45, 2.75) is 19.3 Å². The maximum atomic E-state index is 6.03. The lowest BCUT2D eigenvalue weighted by atomic mass is 10.1. The van der Waals surface area contributed by atoms with Crippen molar-refractivity contribution in [2.75, 3.05) is 47.6 Å². The minimum atomic E-state index is 0.701. The van der Waals surface area contributed by atoms with Crippen molar-refractivity contribution in [3.63, 3.8) is 0 Å². The Morgan fingerprint density at radius 2 is 1.39 bits per heavy atom. The van der Waals surface area contributed by atoms with Crippen LogP contribution in [0.3, 0.4) is 0 Å². The number of piperidine rings is 1. The molecule has 0 amide bonds. The summed E-state index contributed by atoms with van der Waals surface area (Å²) in [6.45, 7) is 4.04. The minimum Gasteiger partial charge on any atom is -0.497 e. The molecule has 3 aromatic carbocycles. The first-order valence-electron chi connectivity index (χ1n) is 13.1. The molecule has 38 heavy (non-hydrogen) atoms. The van der Waals surface area contributed by atoms with Crippen LogP contribution in [-0.2, 0) is 0 Å². The second kappa shape index (κ2) is 12.0. The summed E-state index contributed by atoms with van der Waals surface area (Å²) in [5.74, 6) is 3.11. The van der Waals surface area contributed by atoms with Gasteiger partial charge in [0, 0.05) is 23.7 Å². The fourth-order valence-corrected chi connectivity index (χ4v) is 4.84. The molecular formula is C31H35N3O4. The van der Waals surface area contributed by atoms with Crippen LogP contribution in [0.25, 0.3) is 28.2 Å². The number of methoxy groups -OCH3 is 3. The summed E-state index contributed by atoms with van der Waals surface area (Å²) in [6.07, 6.45) is 3.94. The topological polar surface area (TPSA) is 58.0 Å². The molecule has 198 valence electrons. The number of hydrogen-bond acceptors (Lipinski definition) is 6. The number of aromatic nitrogens is 2. The average molecular weight is 514 g/mol. The standard InChI is InChI=1S/C31H35N3O4/c1-35-25-13-9-24(10-14-25)34-30(28-16-15-27(36-2)21-31(28)37-3)22-29(32-34)23-7-11-26(12-8-23)38-20-19-33-17-5-4-6-18-33/h7-16,21-22H,4-6,17-20H2,1-3H3. The van der Waals surface area contributed by atoms with Crippen molar-refractivity contribution in [1.29, 1.82) is 0 Å². The number of hydrogen-bond donors (Lipinski definition) is 0. The summed E-state index contributed by atoms with van der Waals surface area (Å²) in [5, 5.41) is 5.00. The van der Waals surface area contributed by atoms with Crippen LogP contribution in [0.1, 0.15) is 19.3 Å². The highest BCUT2D eigenvalue weighted by Crippen LogP contribution is 2.37. The summed E-state index contributed by atoms with van der Waals surface area (Å²) < 4.78 is 24.4. The minimum absolute atomic E-state index is 0.701. The summed E-state index contributed by atoms with van der Waals surface area (Å²) in [5.41, 5.74) is 4.61. The van der Waals surface area contributed by atoms with Gasteiger partial charge in [0.2, 0.25) is 0 Å². The molecule has 7 nitrogen and oxygen atoms in total. The second-order valence-electron chi connectivity index (χ2n) is 9.37. The van der Waals surface area contributed by atoms with Crippen LogP contribution < -0.4 is 18.9 Å². The predicted molar refractivity (Wildman–Crippen MR) is 150 cm³/mol. The lowest BCUT2D eigenvalue weighted by Crippen LogP contribution is -2.33. The molecule has 0 radical (unpaired) electrons. The molecule has 1 aliphatic rings. The van der Waals surface area contributed by atoms with Gasteiger partial charge in [-0.1, -0.05) is 6.42 Å². The Labute approximate surface area is 224 Å². The normalized spacial score (nSPS) is 13.8. The van der Waals surface area contributed by atoms with Crippen LogP contribution in [-0.4, -0.2) is 62.3 Å². The van der Waals surface area contributed by atoms with E-state index in [4.69, 9.17) is 24.0 Å². The quantitative estimate of drug-likeness (QED) is 0.256. The van der Waals surface area contributed by atoms with E-state index in [1.165, 1.54) is 32.4 Å². The van der Waals surface area contributed by atoms with Crippen LogP contribution in [0.15, 0.2) is 72.8 Å². The van der Waals surface area contributed by atoms with E-state index in [-0.39, 0.29) is 0 Å². The fraction of sp³-hybridized carbons (Fsp3) is 0.323.